The smallest absolute Gasteiger partial charge is 0.335 e. The van der Waals surface area contributed by atoms with Gasteiger partial charge in [0.1, 0.15) is 0 Å². The van der Waals surface area contributed by atoms with Crippen molar-refractivity contribution in [1.82, 2.24) is 0 Å². The van der Waals surface area contributed by atoms with Gasteiger partial charge in [-0.2, -0.15) is 0 Å². The number of halogens is 2. The van der Waals surface area contributed by atoms with Crippen LogP contribution in [-0.2, 0) is 0 Å². The summed E-state index contributed by atoms with van der Waals surface area (Å²) in [5, 5.41) is 8.38. The second-order valence-electron chi connectivity index (χ2n) is 3.11. The van der Waals surface area contributed by atoms with Gasteiger partial charge in [-0.25, -0.2) is 4.79 Å². The molecule has 0 fully saturated rings. The third-order valence-electron chi connectivity index (χ3n) is 1.74. The maximum absolute atomic E-state index is 11.4. The van der Waals surface area contributed by atoms with Crippen LogP contribution in [0, 0.1) is 0 Å². The van der Waals surface area contributed by atoms with Crippen molar-refractivity contribution < 1.29 is 15.6 Å². The molecule has 0 atom stereocenters. The van der Waals surface area contributed by atoms with Gasteiger partial charge in [-0.1, -0.05) is 18.2 Å². The van der Waals surface area contributed by atoms with Crippen LogP contribution in [0.4, 0.5) is 5.73 Å². The molecule has 5 heteroatoms. The van der Waals surface area contributed by atoms with Gasteiger partial charge in [0.15, 0.2) is 0 Å². The fraction of sp³-hybridized carbons (Fsp3) is 0.364. The van der Waals surface area contributed by atoms with Gasteiger partial charge in [-0.05, 0) is 12.1 Å². The third kappa shape index (κ3) is 8.64. The summed E-state index contributed by atoms with van der Waals surface area (Å²) >= 11 is -3.64. The molecule has 1 aromatic carbocycles. The Kier molecular flexibility index (Phi) is 9.18. The van der Waals surface area contributed by atoms with Gasteiger partial charge in [0.05, 0.1) is 5.56 Å². The molecule has 0 bridgehead atoms. The van der Waals surface area contributed by atoms with Gasteiger partial charge in [0, 0.05) is 0 Å². The van der Waals surface area contributed by atoms with Crippen molar-refractivity contribution in [1.29, 1.82) is 0 Å². The first-order chi connectivity index (χ1) is 7.57. The largest absolute Gasteiger partial charge is 0.478 e. The molecule has 0 saturated carbocycles. The van der Waals surface area contributed by atoms with E-state index in [1.54, 1.807) is 30.3 Å². The van der Waals surface area contributed by atoms with Crippen molar-refractivity contribution in [3.63, 3.8) is 0 Å². The average molecular weight is 336 g/mol. The number of carboxylic acid groups (broad SMARTS) is 1. The Morgan fingerprint density at radius 3 is 2.12 bits per heavy atom. The zero-order chi connectivity index (χ0) is 12.4. The zero-order valence-corrected chi connectivity index (χ0v) is 12.0. The maximum atomic E-state index is 11.4. The normalized spacial score (nSPS) is 9.50. The van der Waals surface area contributed by atoms with Crippen LogP contribution in [0.1, 0.15) is 30.1 Å². The SMILES string of the molecule is CCC[CH2][Sn]([F])[F].O=C(O)c1ccccc1. The fourth-order valence-corrected chi connectivity index (χ4v) is 2.66. The standard InChI is InChI=1S/C7H6O2.C4H9.2FH.Sn/c8-7(9)6-4-2-1-3-5-6;1-3-4-2;;;/h1-5H,(H,8,9);1,3-4H2,2H3;2*1H;/q;;;;+2/p-2. The van der Waals surface area contributed by atoms with Gasteiger partial charge in [0.2, 0.25) is 0 Å². The van der Waals surface area contributed by atoms with Crippen LogP contribution in [0.25, 0.3) is 0 Å². The molecule has 1 rings (SSSR count). The average Bonchev–Trinajstić information content (AvgIpc) is 2.28. The number of aromatic carboxylic acids is 1. The predicted octanol–water partition coefficient (Wildman–Crippen LogP) is 3.60. The van der Waals surface area contributed by atoms with Crippen LogP contribution >= 0.6 is 0 Å². The van der Waals surface area contributed by atoms with Crippen molar-refractivity contribution in [3.05, 3.63) is 35.9 Å². The third-order valence-corrected chi connectivity index (χ3v) is 3.83. The Morgan fingerprint density at radius 1 is 1.31 bits per heavy atom. The van der Waals surface area contributed by atoms with Crippen LogP contribution in [0.5, 0.6) is 0 Å². The number of hydrogen-bond acceptors (Lipinski definition) is 1. The first-order valence-electron chi connectivity index (χ1n) is 5.03. The molecule has 1 N–H and O–H groups in total. The van der Waals surface area contributed by atoms with Crippen LogP contribution in [-0.4, -0.2) is 32.0 Å². The second kappa shape index (κ2) is 9.57. The van der Waals surface area contributed by atoms with Crippen LogP contribution < -0.4 is 0 Å². The maximum Gasteiger partial charge on any atom is 0.335 e. The first kappa shape index (κ1) is 15.3. The van der Waals surface area contributed by atoms with Gasteiger partial charge in [-0.3, -0.25) is 0 Å². The summed E-state index contributed by atoms with van der Waals surface area (Å²) in [7, 11) is 0. The zero-order valence-electron chi connectivity index (χ0n) is 9.12. The molecule has 1 aromatic rings. The number of rotatable bonds is 4. The number of unbranched alkanes of at least 4 members (excludes halogenated alkanes) is 1. The molecule has 89 valence electrons. The Balaban J connectivity index is 0.000000293. The van der Waals surface area contributed by atoms with Crippen molar-refractivity contribution in [2.45, 2.75) is 24.2 Å². The summed E-state index contributed by atoms with van der Waals surface area (Å²) in [5.74, 6) is -0.879. The number of hydrogen-bond donors (Lipinski definition) is 1. The van der Waals surface area contributed by atoms with Crippen molar-refractivity contribution in [3.8, 4) is 0 Å². The van der Waals surface area contributed by atoms with Crippen molar-refractivity contribution >= 4 is 26.9 Å². The summed E-state index contributed by atoms with van der Waals surface area (Å²) in [4.78, 5) is 10.2. The van der Waals surface area contributed by atoms with Gasteiger partial charge >= 0.3 is 56.8 Å². The minimum atomic E-state index is -3.64. The molecule has 1 radical (unpaired) electrons. The van der Waals surface area contributed by atoms with E-state index in [2.05, 4.69) is 0 Å². The summed E-state index contributed by atoms with van der Waals surface area (Å²) in [5.41, 5.74) is 0.331. The molecule has 16 heavy (non-hydrogen) atoms. The topological polar surface area (TPSA) is 37.3 Å². The van der Waals surface area contributed by atoms with Gasteiger partial charge < -0.3 is 5.11 Å². The van der Waals surface area contributed by atoms with Gasteiger partial charge in [0.25, 0.3) is 0 Å². The molecular weight excluding hydrogens is 321 g/mol. The van der Waals surface area contributed by atoms with E-state index in [1.807, 2.05) is 6.92 Å². The summed E-state index contributed by atoms with van der Waals surface area (Å²) in [6.45, 7) is 1.94. The first-order valence-corrected chi connectivity index (χ1v) is 9.20. The van der Waals surface area contributed by atoms with E-state index in [1.165, 1.54) is 0 Å². The quantitative estimate of drug-likeness (QED) is 0.854. The fourth-order valence-electron chi connectivity index (χ4n) is 0.891. The van der Waals surface area contributed by atoms with E-state index in [0.29, 0.717) is 5.56 Å². The minimum absolute atomic E-state index is 0.263. The molecule has 0 saturated heterocycles. The van der Waals surface area contributed by atoms with E-state index in [-0.39, 0.29) is 4.44 Å². The van der Waals surface area contributed by atoms with Crippen molar-refractivity contribution in [2.24, 2.45) is 0 Å². The van der Waals surface area contributed by atoms with E-state index in [0.717, 1.165) is 12.8 Å². The molecule has 0 aliphatic heterocycles. The molecular formula is C11H15F2O2Sn. The number of carboxylic acids is 1. The second-order valence-corrected chi connectivity index (χ2v) is 6.47. The minimum Gasteiger partial charge on any atom is -0.478 e. The molecule has 0 spiro atoms. The van der Waals surface area contributed by atoms with E-state index in [4.69, 9.17) is 5.11 Å². The molecule has 0 heterocycles. The monoisotopic (exact) mass is 337 g/mol. The molecule has 2 nitrogen and oxygen atoms in total. The summed E-state index contributed by atoms with van der Waals surface area (Å²) in [6.07, 6.45) is 1.65. The number of carbonyl (C=O) groups is 1. The Morgan fingerprint density at radius 2 is 1.88 bits per heavy atom. The van der Waals surface area contributed by atoms with E-state index in [9.17, 15) is 10.5 Å². The van der Waals surface area contributed by atoms with E-state index >= 15 is 0 Å². The summed E-state index contributed by atoms with van der Waals surface area (Å²) in [6, 6.07) is 8.30. The molecule has 0 aromatic heterocycles. The van der Waals surface area contributed by atoms with E-state index < -0.39 is 26.9 Å². The molecule has 0 aliphatic carbocycles. The molecule has 0 unspecified atom stereocenters. The van der Waals surface area contributed by atoms with Crippen LogP contribution in [0.3, 0.4) is 0 Å². The van der Waals surface area contributed by atoms with Crippen molar-refractivity contribution in [2.75, 3.05) is 0 Å². The number of benzene rings is 1. The van der Waals surface area contributed by atoms with Crippen LogP contribution in [0.2, 0.25) is 4.44 Å². The molecule has 0 amide bonds. The Hall–Kier alpha value is -0.651. The Labute approximate surface area is 103 Å². The molecule has 0 aliphatic rings. The predicted molar refractivity (Wildman–Crippen MR) is 61.1 cm³/mol. The summed E-state index contributed by atoms with van der Waals surface area (Å²) < 4.78 is 23.1. The Bertz CT molecular complexity index is 291. The van der Waals surface area contributed by atoms with Crippen LogP contribution in [0.15, 0.2) is 30.3 Å². The van der Waals surface area contributed by atoms with Gasteiger partial charge in [-0.15, -0.1) is 0 Å².